The van der Waals surface area contributed by atoms with Crippen LogP contribution in [0.15, 0.2) is 24.3 Å². The largest absolute Gasteiger partial charge is 0.450 e. The summed E-state index contributed by atoms with van der Waals surface area (Å²) in [4.78, 5) is 11.4. The van der Waals surface area contributed by atoms with Crippen LogP contribution in [0.4, 0.5) is 0 Å². The molecule has 0 bridgehead atoms. The van der Waals surface area contributed by atoms with Crippen LogP contribution in [0.25, 0.3) is 0 Å². The van der Waals surface area contributed by atoms with Crippen molar-refractivity contribution in [2.45, 2.75) is 5.33 Å². The first-order valence-electron chi connectivity index (χ1n) is 3.66. The second-order valence-corrected chi connectivity index (χ2v) is 3.35. The Labute approximate surface area is 93.5 Å². The minimum Gasteiger partial charge on any atom is -0.450 e. The summed E-state index contributed by atoms with van der Waals surface area (Å²) < 4.78 is 4.83. The van der Waals surface area contributed by atoms with Crippen LogP contribution >= 0.6 is 31.9 Å². The maximum Gasteiger partial charge on any atom is 0.339 e. The van der Waals surface area contributed by atoms with Gasteiger partial charge in [0.1, 0.15) is 5.52 Å². The van der Waals surface area contributed by atoms with E-state index in [2.05, 4.69) is 31.9 Å². The molecule has 1 aromatic rings. The fraction of sp³-hybridized carbons (Fsp3) is 0.222. The van der Waals surface area contributed by atoms with Crippen LogP contribution in [0, 0.1) is 0 Å². The number of carbonyl (C=O) groups is 1. The first-order chi connectivity index (χ1) is 6.29. The van der Waals surface area contributed by atoms with Gasteiger partial charge in [-0.3, -0.25) is 0 Å². The first-order valence-corrected chi connectivity index (χ1v) is 5.91. The van der Waals surface area contributed by atoms with Crippen molar-refractivity contribution in [2.24, 2.45) is 0 Å². The van der Waals surface area contributed by atoms with E-state index in [1.54, 1.807) is 6.07 Å². The van der Waals surface area contributed by atoms with Gasteiger partial charge in [0.15, 0.2) is 0 Å². The minimum atomic E-state index is -0.299. The highest BCUT2D eigenvalue weighted by atomic mass is 79.9. The van der Waals surface area contributed by atoms with E-state index < -0.39 is 0 Å². The van der Waals surface area contributed by atoms with Gasteiger partial charge in [-0.1, -0.05) is 34.1 Å². The van der Waals surface area contributed by atoms with Gasteiger partial charge in [0.2, 0.25) is 0 Å². The molecule has 2 nitrogen and oxygen atoms in total. The van der Waals surface area contributed by atoms with Crippen molar-refractivity contribution in [3.05, 3.63) is 35.4 Å². The summed E-state index contributed by atoms with van der Waals surface area (Å²) in [5.41, 5.74) is 1.77. The molecule has 0 aliphatic heterocycles. The van der Waals surface area contributed by atoms with Crippen LogP contribution in [0.2, 0.25) is 0 Å². The van der Waals surface area contributed by atoms with Gasteiger partial charge >= 0.3 is 5.97 Å². The summed E-state index contributed by atoms with van der Waals surface area (Å²) >= 11 is 6.35. The molecule has 0 spiro atoms. The second kappa shape index (κ2) is 5.40. The normalized spacial score (nSPS) is 9.69. The molecule has 0 radical (unpaired) electrons. The molecule has 0 aliphatic carbocycles. The number of ether oxygens (including phenoxy) is 1. The van der Waals surface area contributed by atoms with Crippen LogP contribution in [0.5, 0.6) is 0 Å². The lowest BCUT2D eigenvalue weighted by Crippen LogP contribution is -2.06. The fourth-order valence-electron chi connectivity index (χ4n) is 0.963. The van der Waals surface area contributed by atoms with Crippen molar-refractivity contribution in [3.63, 3.8) is 0 Å². The Balaban J connectivity index is 2.92. The van der Waals surface area contributed by atoms with Crippen molar-refractivity contribution in [1.29, 1.82) is 0 Å². The number of carbonyl (C=O) groups excluding carboxylic acids is 1. The number of hydrogen-bond donors (Lipinski definition) is 0. The molecule has 0 unspecified atom stereocenters. The lowest BCUT2D eigenvalue weighted by Gasteiger charge is -2.04. The van der Waals surface area contributed by atoms with Crippen molar-refractivity contribution < 1.29 is 9.53 Å². The maximum atomic E-state index is 11.4. The molecule has 70 valence electrons. The van der Waals surface area contributed by atoms with Gasteiger partial charge in [0.25, 0.3) is 0 Å². The molecule has 0 aromatic heterocycles. The molecule has 0 heterocycles. The zero-order chi connectivity index (χ0) is 9.68. The van der Waals surface area contributed by atoms with E-state index in [0.29, 0.717) is 10.9 Å². The zero-order valence-corrected chi connectivity index (χ0v) is 9.97. The molecule has 1 rings (SSSR count). The molecule has 13 heavy (non-hydrogen) atoms. The Bertz CT molecular complexity index is 299. The van der Waals surface area contributed by atoms with Gasteiger partial charge in [-0.05, 0) is 27.6 Å². The summed E-state index contributed by atoms with van der Waals surface area (Å²) in [6.07, 6.45) is 0. The number of rotatable bonds is 3. The highest BCUT2D eigenvalue weighted by Gasteiger charge is 2.10. The number of hydrogen-bond acceptors (Lipinski definition) is 2. The lowest BCUT2D eigenvalue weighted by molar-refractivity contribution is 0.0583. The third-order valence-electron chi connectivity index (χ3n) is 1.57. The van der Waals surface area contributed by atoms with Crippen LogP contribution in [0.3, 0.4) is 0 Å². The minimum absolute atomic E-state index is 0.225. The zero-order valence-electron chi connectivity index (χ0n) is 6.80. The number of esters is 1. The molecule has 0 aliphatic rings. The van der Waals surface area contributed by atoms with E-state index >= 15 is 0 Å². The highest BCUT2D eigenvalue weighted by molar-refractivity contribution is 9.09. The number of alkyl halides is 2. The van der Waals surface area contributed by atoms with E-state index in [1.807, 2.05) is 18.2 Å². The Morgan fingerprint density at radius 1 is 1.31 bits per heavy atom. The molecule has 0 atom stereocenters. The molecule has 0 N–H and O–H groups in total. The topological polar surface area (TPSA) is 26.3 Å². The van der Waals surface area contributed by atoms with Crippen molar-refractivity contribution >= 4 is 37.8 Å². The summed E-state index contributed by atoms with van der Waals surface area (Å²) in [6, 6.07) is 7.35. The molecular formula is C9H8Br2O2. The molecule has 4 heteroatoms. The third kappa shape index (κ3) is 2.81. The quantitative estimate of drug-likeness (QED) is 0.633. The maximum absolute atomic E-state index is 11.4. The average Bonchev–Trinajstić information content (AvgIpc) is 2.18. The number of benzene rings is 1. The summed E-state index contributed by atoms with van der Waals surface area (Å²) in [5.74, 6) is -0.299. The Morgan fingerprint density at radius 3 is 2.62 bits per heavy atom. The Hall–Kier alpha value is -0.350. The molecule has 0 saturated heterocycles. The molecule has 1 aromatic carbocycles. The molecule has 0 fully saturated rings. The van der Waals surface area contributed by atoms with Crippen LogP contribution in [0.1, 0.15) is 15.9 Å². The van der Waals surface area contributed by atoms with Gasteiger partial charge in [-0.2, -0.15) is 0 Å². The Kier molecular flexibility index (Phi) is 4.45. The summed E-state index contributed by atoms with van der Waals surface area (Å²) in [5, 5.41) is 0.653. The highest BCUT2D eigenvalue weighted by Crippen LogP contribution is 2.13. The summed E-state index contributed by atoms with van der Waals surface area (Å²) in [6.45, 7) is 0. The standard InChI is InChI=1S/C9H8Br2O2/c10-5-7-3-1-2-4-8(7)9(12)13-6-11/h1-4H,5-6H2. The van der Waals surface area contributed by atoms with Crippen molar-refractivity contribution in [2.75, 3.05) is 5.52 Å². The van der Waals surface area contributed by atoms with Gasteiger partial charge in [-0.25, -0.2) is 4.79 Å². The predicted octanol–water partition coefficient (Wildman–Crippen LogP) is 3.09. The smallest absolute Gasteiger partial charge is 0.339 e. The average molecular weight is 308 g/mol. The van der Waals surface area contributed by atoms with Crippen molar-refractivity contribution in [1.82, 2.24) is 0 Å². The van der Waals surface area contributed by atoms with Gasteiger partial charge < -0.3 is 4.74 Å². The lowest BCUT2D eigenvalue weighted by atomic mass is 10.1. The van der Waals surface area contributed by atoms with Crippen LogP contribution < -0.4 is 0 Å². The monoisotopic (exact) mass is 306 g/mol. The second-order valence-electron chi connectivity index (χ2n) is 2.33. The number of halogens is 2. The third-order valence-corrected chi connectivity index (χ3v) is 2.40. The fourth-order valence-corrected chi connectivity index (χ4v) is 1.66. The van der Waals surface area contributed by atoms with Gasteiger partial charge in [0, 0.05) is 5.33 Å². The first kappa shape index (κ1) is 10.7. The summed E-state index contributed by atoms with van der Waals surface area (Å²) in [7, 11) is 0. The molecule has 0 saturated carbocycles. The SMILES string of the molecule is O=C(OCBr)c1ccccc1CBr. The van der Waals surface area contributed by atoms with E-state index in [0.717, 1.165) is 5.56 Å². The Morgan fingerprint density at radius 2 is 2.00 bits per heavy atom. The van der Waals surface area contributed by atoms with Crippen LogP contribution in [-0.2, 0) is 10.1 Å². The van der Waals surface area contributed by atoms with E-state index in [-0.39, 0.29) is 11.5 Å². The predicted molar refractivity (Wildman–Crippen MR) is 58.3 cm³/mol. The van der Waals surface area contributed by atoms with Crippen LogP contribution in [-0.4, -0.2) is 11.5 Å². The van der Waals surface area contributed by atoms with E-state index in [1.165, 1.54) is 0 Å². The van der Waals surface area contributed by atoms with Gasteiger partial charge in [-0.15, -0.1) is 0 Å². The van der Waals surface area contributed by atoms with Crippen molar-refractivity contribution in [3.8, 4) is 0 Å². The van der Waals surface area contributed by atoms with E-state index in [4.69, 9.17) is 4.74 Å². The van der Waals surface area contributed by atoms with E-state index in [9.17, 15) is 4.79 Å². The van der Waals surface area contributed by atoms with Gasteiger partial charge in [0.05, 0.1) is 5.56 Å². The molecule has 0 amide bonds. The molecular weight excluding hydrogens is 300 g/mol.